The van der Waals surface area contributed by atoms with Gasteiger partial charge in [0.25, 0.3) is 0 Å². The number of amides is 2. The Balaban J connectivity index is 3.18. The third kappa shape index (κ3) is 2.27. The van der Waals surface area contributed by atoms with Crippen molar-refractivity contribution in [1.82, 2.24) is 4.90 Å². The van der Waals surface area contributed by atoms with E-state index in [1.165, 1.54) is 0 Å². The highest BCUT2D eigenvalue weighted by Crippen LogP contribution is 2.45. The lowest BCUT2D eigenvalue weighted by Crippen LogP contribution is -2.72. The van der Waals surface area contributed by atoms with Gasteiger partial charge in [0.1, 0.15) is 6.17 Å². The summed E-state index contributed by atoms with van der Waals surface area (Å²) in [6, 6.07) is 0. The van der Waals surface area contributed by atoms with Crippen LogP contribution >= 0.6 is 0 Å². The minimum atomic E-state index is -1.71. The Hall–Kier alpha value is -1.37. The van der Waals surface area contributed by atoms with Gasteiger partial charge in [-0.05, 0) is 20.8 Å². The maximum absolute atomic E-state index is 13.2. The molecule has 0 aliphatic heterocycles. The third-order valence-corrected chi connectivity index (χ3v) is 3.24. The fraction of sp³-hybridized carbons (Fsp3) is 0.818. The van der Waals surface area contributed by atoms with Crippen molar-refractivity contribution < 1.29 is 24.2 Å². The van der Waals surface area contributed by atoms with Crippen molar-refractivity contribution in [1.29, 1.82) is 0 Å². The average molecular weight is 262 g/mol. The van der Waals surface area contributed by atoms with Crippen LogP contribution in [0.25, 0.3) is 0 Å². The minimum absolute atomic E-state index is 0.222. The molecule has 18 heavy (non-hydrogen) atoms. The normalized spacial score (nSPS) is 29.3. The number of rotatable bonds is 3. The molecule has 1 atom stereocenters. The Kier molecular flexibility index (Phi) is 3.58. The van der Waals surface area contributed by atoms with Gasteiger partial charge >= 0.3 is 6.09 Å². The maximum Gasteiger partial charge on any atom is 0.408 e. The van der Waals surface area contributed by atoms with E-state index >= 15 is 0 Å². The highest BCUT2D eigenvalue weighted by molar-refractivity contribution is 5.82. The second kappa shape index (κ2) is 4.38. The molecule has 7 heteroatoms. The van der Waals surface area contributed by atoms with Gasteiger partial charge in [-0.1, -0.05) is 0 Å². The largest absolute Gasteiger partial charge is 0.465 e. The van der Waals surface area contributed by atoms with Gasteiger partial charge in [0.15, 0.2) is 6.10 Å². The number of aliphatic hydroxyl groups is 1. The van der Waals surface area contributed by atoms with E-state index < -0.39 is 35.4 Å². The second-order valence-corrected chi connectivity index (χ2v) is 5.70. The molecule has 0 aromatic rings. The molecule has 0 unspecified atom stereocenters. The molecule has 1 aliphatic carbocycles. The molecule has 2 amide bonds. The van der Waals surface area contributed by atoms with Gasteiger partial charge in [0.2, 0.25) is 5.91 Å². The monoisotopic (exact) mass is 262 g/mol. The summed E-state index contributed by atoms with van der Waals surface area (Å²) < 4.78 is 13.2. The molecule has 0 saturated heterocycles. The van der Waals surface area contributed by atoms with E-state index in [1.807, 2.05) is 0 Å². The number of aliphatic hydroxyl groups excluding tert-OH is 1. The Bertz CT molecular complexity index is 361. The molecule has 1 rings (SSSR count). The van der Waals surface area contributed by atoms with Crippen LogP contribution in [-0.4, -0.2) is 50.5 Å². The van der Waals surface area contributed by atoms with Gasteiger partial charge in [-0.3, -0.25) is 9.69 Å². The van der Waals surface area contributed by atoms with Gasteiger partial charge in [0, 0.05) is 18.4 Å². The number of carbonyl (C=O) groups excluding carboxylic acids is 1. The molecule has 0 spiro atoms. The predicted octanol–water partition coefficient (Wildman–Crippen LogP) is 0.482. The lowest BCUT2D eigenvalue weighted by atomic mass is 9.68. The van der Waals surface area contributed by atoms with Crippen LogP contribution in [0.15, 0.2) is 0 Å². The summed E-state index contributed by atoms with van der Waals surface area (Å²) in [4.78, 5) is 23.4. The Morgan fingerprint density at radius 3 is 2.11 bits per heavy atom. The molecule has 0 bridgehead atoms. The van der Waals surface area contributed by atoms with Crippen LogP contribution in [0.5, 0.6) is 0 Å². The summed E-state index contributed by atoms with van der Waals surface area (Å²) >= 11 is 0. The van der Waals surface area contributed by atoms with Crippen LogP contribution in [-0.2, 0) is 4.79 Å². The zero-order valence-corrected chi connectivity index (χ0v) is 10.7. The average Bonchev–Trinajstić information content (AvgIpc) is 2.10. The van der Waals surface area contributed by atoms with Crippen LogP contribution in [0.4, 0.5) is 9.18 Å². The molecule has 1 fully saturated rings. The van der Waals surface area contributed by atoms with Crippen molar-refractivity contribution in [2.45, 2.75) is 57.0 Å². The van der Waals surface area contributed by atoms with Crippen molar-refractivity contribution in [3.05, 3.63) is 0 Å². The minimum Gasteiger partial charge on any atom is -0.465 e. The van der Waals surface area contributed by atoms with E-state index in [0.29, 0.717) is 0 Å². The van der Waals surface area contributed by atoms with Crippen molar-refractivity contribution in [2.24, 2.45) is 5.73 Å². The van der Waals surface area contributed by atoms with E-state index in [-0.39, 0.29) is 12.8 Å². The molecular formula is C11H19FN2O4. The highest BCUT2D eigenvalue weighted by Gasteiger charge is 2.60. The quantitative estimate of drug-likeness (QED) is 0.688. The Morgan fingerprint density at radius 1 is 1.44 bits per heavy atom. The smallest absolute Gasteiger partial charge is 0.408 e. The molecule has 4 N–H and O–H groups in total. The zero-order valence-electron chi connectivity index (χ0n) is 10.7. The topological polar surface area (TPSA) is 104 Å². The third-order valence-electron chi connectivity index (χ3n) is 3.24. The van der Waals surface area contributed by atoms with Crippen molar-refractivity contribution >= 4 is 12.0 Å². The number of hydrogen-bond donors (Lipinski definition) is 3. The summed E-state index contributed by atoms with van der Waals surface area (Å²) in [6.07, 6.45) is -4.70. The summed E-state index contributed by atoms with van der Waals surface area (Å²) in [5.41, 5.74) is 2.69. The van der Waals surface area contributed by atoms with Gasteiger partial charge < -0.3 is 15.9 Å². The summed E-state index contributed by atoms with van der Waals surface area (Å²) in [5, 5.41) is 19.1. The second-order valence-electron chi connectivity index (χ2n) is 5.70. The molecule has 0 heterocycles. The SMILES string of the molecule is CC(C)(C)N(C(=O)O)[C@]1([C@H](O)C(N)=O)C[C@@H](F)C1. The van der Waals surface area contributed by atoms with E-state index in [0.717, 1.165) is 4.90 Å². The van der Waals surface area contributed by atoms with Crippen LogP contribution in [0.2, 0.25) is 0 Å². The Labute approximate surface area is 105 Å². The summed E-state index contributed by atoms with van der Waals surface area (Å²) in [7, 11) is 0. The number of nitrogens with zero attached hydrogens (tertiary/aromatic N) is 1. The molecule has 0 aromatic heterocycles. The molecule has 0 aromatic carbocycles. The molecule has 1 aliphatic rings. The lowest BCUT2D eigenvalue weighted by Gasteiger charge is -2.56. The van der Waals surface area contributed by atoms with Crippen LogP contribution < -0.4 is 5.73 Å². The number of alkyl halides is 1. The first-order valence-electron chi connectivity index (χ1n) is 5.67. The lowest BCUT2D eigenvalue weighted by molar-refractivity contribution is -0.155. The van der Waals surface area contributed by atoms with Gasteiger partial charge in [0.05, 0.1) is 5.54 Å². The first-order valence-corrected chi connectivity index (χ1v) is 5.67. The first-order chi connectivity index (χ1) is 8.02. The number of hydrogen-bond acceptors (Lipinski definition) is 3. The van der Waals surface area contributed by atoms with Crippen molar-refractivity contribution in [3.8, 4) is 0 Å². The summed E-state index contributed by atoms with van der Waals surface area (Å²) in [5.74, 6) is -1.04. The molecule has 0 radical (unpaired) electrons. The predicted molar refractivity (Wildman–Crippen MR) is 61.7 cm³/mol. The number of carbonyl (C=O) groups is 2. The van der Waals surface area contributed by atoms with Gasteiger partial charge in [-0.15, -0.1) is 0 Å². The van der Waals surface area contributed by atoms with Crippen molar-refractivity contribution in [2.75, 3.05) is 0 Å². The van der Waals surface area contributed by atoms with Gasteiger partial charge in [-0.2, -0.15) is 0 Å². The molecular weight excluding hydrogens is 243 g/mol. The summed E-state index contributed by atoms with van der Waals surface area (Å²) in [6.45, 7) is 4.84. The van der Waals surface area contributed by atoms with Crippen LogP contribution in [0.3, 0.4) is 0 Å². The first kappa shape index (κ1) is 14.7. The highest BCUT2D eigenvalue weighted by atomic mass is 19.1. The maximum atomic E-state index is 13.2. The van der Waals surface area contributed by atoms with E-state index in [2.05, 4.69) is 0 Å². The molecule has 1 saturated carbocycles. The number of nitrogens with two attached hydrogens (primary N) is 1. The fourth-order valence-electron chi connectivity index (χ4n) is 2.65. The van der Waals surface area contributed by atoms with Crippen molar-refractivity contribution in [3.63, 3.8) is 0 Å². The fourth-order valence-corrected chi connectivity index (χ4v) is 2.65. The number of carboxylic acid groups (broad SMARTS) is 1. The van der Waals surface area contributed by atoms with Crippen LogP contribution in [0.1, 0.15) is 33.6 Å². The van der Waals surface area contributed by atoms with E-state index in [9.17, 15) is 24.2 Å². The Morgan fingerprint density at radius 2 is 1.89 bits per heavy atom. The van der Waals surface area contributed by atoms with Crippen LogP contribution in [0, 0.1) is 0 Å². The van der Waals surface area contributed by atoms with E-state index in [4.69, 9.17) is 5.73 Å². The number of halogens is 1. The zero-order chi connectivity index (χ0) is 14.3. The van der Waals surface area contributed by atoms with Gasteiger partial charge in [-0.25, -0.2) is 9.18 Å². The standard InChI is InChI=1S/C11H19FN2O4/c1-10(2,3)14(9(17)18)11(4-6(12)5-11)7(15)8(13)16/h6-7,15H,4-5H2,1-3H3,(H2,13,16)(H,17,18)/t6-,7-,11-/m1/s1. The number of primary amides is 1. The molecule has 6 nitrogen and oxygen atoms in total. The molecule has 104 valence electrons. The van der Waals surface area contributed by atoms with E-state index in [1.54, 1.807) is 20.8 Å².